The average Bonchev–Trinajstić information content (AvgIpc) is 2.55. The Balaban J connectivity index is 1.95. The van der Waals surface area contributed by atoms with Crippen molar-refractivity contribution in [2.45, 2.75) is 25.5 Å². The van der Waals surface area contributed by atoms with Gasteiger partial charge in [-0.05, 0) is 43.7 Å². The van der Waals surface area contributed by atoms with Gasteiger partial charge in [0.1, 0.15) is 0 Å². The number of thioether (sulfide) groups is 1. The number of ether oxygens (including phenoxy) is 1. The fourth-order valence-electron chi connectivity index (χ4n) is 2.72. The van der Waals surface area contributed by atoms with Crippen LogP contribution in [0.25, 0.3) is 0 Å². The molecule has 4 nitrogen and oxygen atoms in total. The van der Waals surface area contributed by atoms with Gasteiger partial charge in [0.25, 0.3) is 5.91 Å². The number of esters is 1. The van der Waals surface area contributed by atoms with Crippen molar-refractivity contribution in [2.24, 2.45) is 5.92 Å². The Labute approximate surface area is 136 Å². The highest BCUT2D eigenvalue weighted by atomic mass is 32.2. The van der Waals surface area contributed by atoms with Crippen LogP contribution in [0, 0.1) is 5.92 Å². The van der Waals surface area contributed by atoms with Gasteiger partial charge < -0.3 is 9.64 Å². The number of nitrogens with zero attached hydrogens (tertiary/aromatic N) is 1. The number of hydrogen-bond donors (Lipinski definition) is 0. The number of likely N-dealkylation sites (tertiary alicyclic amines) is 1. The van der Waals surface area contributed by atoms with Gasteiger partial charge in [-0.2, -0.15) is 11.8 Å². The lowest BCUT2D eigenvalue weighted by Gasteiger charge is -2.31. The minimum atomic E-state index is -0.128. The minimum Gasteiger partial charge on any atom is -0.466 e. The van der Waals surface area contributed by atoms with Crippen molar-refractivity contribution in [1.82, 2.24) is 4.90 Å². The second-order valence-corrected chi connectivity index (χ2v) is 6.32. The van der Waals surface area contributed by atoms with E-state index >= 15 is 0 Å². The van der Waals surface area contributed by atoms with Gasteiger partial charge >= 0.3 is 5.97 Å². The summed E-state index contributed by atoms with van der Waals surface area (Å²) in [6, 6.07) is 7.81. The number of rotatable bonds is 5. The maximum Gasteiger partial charge on any atom is 0.309 e. The predicted molar refractivity (Wildman–Crippen MR) is 88.9 cm³/mol. The molecule has 1 aliphatic rings. The van der Waals surface area contributed by atoms with Crippen molar-refractivity contribution in [2.75, 3.05) is 26.0 Å². The average molecular weight is 321 g/mol. The Morgan fingerprint density at radius 3 is 2.68 bits per heavy atom. The third-order valence-corrected chi connectivity index (χ3v) is 4.51. The third-order valence-electron chi connectivity index (χ3n) is 3.89. The van der Waals surface area contributed by atoms with Crippen LogP contribution in [0.4, 0.5) is 0 Å². The lowest BCUT2D eigenvalue weighted by Crippen LogP contribution is -2.40. The molecule has 0 bridgehead atoms. The van der Waals surface area contributed by atoms with Crippen molar-refractivity contribution in [3.8, 4) is 0 Å². The number of piperidine rings is 1. The highest BCUT2D eigenvalue weighted by Gasteiger charge is 2.28. The Hall–Kier alpha value is -1.49. The first kappa shape index (κ1) is 16.9. The van der Waals surface area contributed by atoms with Crippen LogP contribution in [-0.2, 0) is 15.3 Å². The zero-order valence-corrected chi connectivity index (χ0v) is 14.0. The van der Waals surface area contributed by atoms with Gasteiger partial charge in [-0.3, -0.25) is 9.59 Å². The van der Waals surface area contributed by atoms with Gasteiger partial charge in [0.05, 0.1) is 12.5 Å². The van der Waals surface area contributed by atoms with Gasteiger partial charge in [0.15, 0.2) is 0 Å². The molecule has 1 saturated heterocycles. The number of benzene rings is 1. The molecular weight excluding hydrogens is 298 g/mol. The van der Waals surface area contributed by atoms with E-state index in [1.807, 2.05) is 36.1 Å². The van der Waals surface area contributed by atoms with Crippen LogP contribution in [0.2, 0.25) is 0 Å². The normalized spacial score (nSPS) is 15.6. The lowest BCUT2D eigenvalue weighted by molar-refractivity contribution is -0.149. The van der Waals surface area contributed by atoms with Crippen LogP contribution in [-0.4, -0.2) is 42.7 Å². The summed E-state index contributed by atoms with van der Waals surface area (Å²) in [5.41, 5.74) is 1.90. The zero-order valence-electron chi connectivity index (χ0n) is 13.2. The first-order chi connectivity index (χ1) is 10.7. The third kappa shape index (κ3) is 4.26. The molecule has 0 atom stereocenters. The molecule has 1 aromatic carbocycles. The Bertz CT molecular complexity index is 524. The summed E-state index contributed by atoms with van der Waals surface area (Å²) in [7, 11) is 0. The molecule has 22 heavy (non-hydrogen) atoms. The van der Waals surface area contributed by atoms with E-state index in [1.54, 1.807) is 11.8 Å². The minimum absolute atomic E-state index is 0.0604. The number of carbonyl (C=O) groups excluding carboxylic acids is 2. The van der Waals surface area contributed by atoms with E-state index in [4.69, 9.17) is 4.74 Å². The predicted octanol–water partition coefficient (Wildman–Crippen LogP) is 2.96. The van der Waals surface area contributed by atoms with Crippen LogP contribution in [0.1, 0.15) is 35.7 Å². The van der Waals surface area contributed by atoms with E-state index in [1.165, 1.54) is 5.56 Å². The van der Waals surface area contributed by atoms with Crippen LogP contribution in [0.15, 0.2) is 24.3 Å². The first-order valence-corrected chi connectivity index (χ1v) is 9.09. The molecular formula is C17H23NO3S. The fourth-order valence-corrected chi connectivity index (χ4v) is 3.23. The van der Waals surface area contributed by atoms with Gasteiger partial charge in [-0.25, -0.2) is 0 Å². The molecule has 0 spiro atoms. The van der Waals surface area contributed by atoms with Crippen molar-refractivity contribution < 1.29 is 14.3 Å². The SMILES string of the molecule is CCOC(=O)C1CCN(C(=O)c2cccc(CSC)c2)CC1. The molecule has 5 heteroatoms. The number of carbonyl (C=O) groups is 2. The van der Waals surface area contributed by atoms with Gasteiger partial charge in [-0.15, -0.1) is 0 Å². The smallest absolute Gasteiger partial charge is 0.309 e. The Kier molecular flexibility index (Phi) is 6.31. The topological polar surface area (TPSA) is 46.6 Å². The summed E-state index contributed by atoms with van der Waals surface area (Å²) < 4.78 is 5.06. The molecule has 1 amide bonds. The van der Waals surface area contributed by atoms with Crippen molar-refractivity contribution in [3.05, 3.63) is 35.4 Å². The van der Waals surface area contributed by atoms with Crippen LogP contribution in [0.3, 0.4) is 0 Å². The molecule has 0 radical (unpaired) electrons. The number of amides is 1. The highest BCUT2D eigenvalue weighted by molar-refractivity contribution is 7.97. The molecule has 0 unspecified atom stereocenters. The maximum atomic E-state index is 12.6. The molecule has 1 aliphatic heterocycles. The largest absolute Gasteiger partial charge is 0.466 e. The molecule has 0 saturated carbocycles. The second kappa shape index (κ2) is 8.22. The van der Waals surface area contributed by atoms with E-state index in [-0.39, 0.29) is 17.8 Å². The lowest BCUT2D eigenvalue weighted by atomic mass is 9.96. The second-order valence-electron chi connectivity index (χ2n) is 5.45. The molecule has 1 fully saturated rings. The Morgan fingerprint density at radius 2 is 2.05 bits per heavy atom. The molecule has 0 N–H and O–H groups in total. The van der Waals surface area contributed by atoms with Gasteiger partial charge in [0, 0.05) is 24.4 Å². The maximum absolute atomic E-state index is 12.6. The van der Waals surface area contributed by atoms with Crippen LogP contribution < -0.4 is 0 Å². The fraction of sp³-hybridized carbons (Fsp3) is 0.529. The summed E-state index contributed by atoms with van der Waals surface area (Å²) in [5.74, 6) is 0.778. The van der Waals surface area contributed by atoms with Crippen LogP contribution >= 0.6 is 11.8 Å². The van der Waals surface area contributed by atoms with Crippen molar-refractivity contribution >= 4 is 23.6 Å². The quantitative estimate of drug-likeness (QED) is 0.782. The Morgan fingerprint density at radius 1 is 1.32 bits per heavy atom. The first-order valence-electron chi connectivity index (χ1n) is 7.69. The molecule has 0 aromatic heterocycles. The summed E-state index contributed by atoms with van der Waals surface area (Å²) in [4.78, 5) is 26.1. The molecule has 1 heterocycles. The van der Waals surface area contributed by atoms with E-state index in [0.29, 0.717) is 32.5 Å². The molecule has 0 aliphatic carbocycles. The molecule has 2 rings (SSSR count). The van der Waals surface area contributed by atoms with Gasteiger partial charge in [-0.1, -0.05) is 12.1 Å². The molecule has 1 aromatic rings. The highest BCUT2D eigenvalue weighted by Crippen LogP contribution is 2.21. The van der Waals surface area contributed by atoms with E-state index in [0.717, 1.165) is 11.3 Å². The standard InChI is InChI=1S/C17H23NO3S/c1-3-21-17(20)14-7-9-18(10-8-14)16(19)15-6-4-5-13(11-15)12-22-2/h4-6,11,14H,3,7-10,12H2,1-2H3. The monoisotopic (exact) mass is 321 g/mol. The number of hydrogen-bond acceptors (Lipinski definition) is 4. The summed E-state index contributed by atoms with van der Waals surface area (Å²) in [6.07, 6.45) is 3.43. The van der Waals surface area contributed by atoms with Crippen LogP contribution in [0.5, 0.6) is 0 Å². The summed E-state index contributed by atoms with van der Waals surface area (Å²) >= 11 is 1.74. The van der Waals surface area contributed by atoms with Crippen molar-refractivity contribution in [3.63, 3.8) is 0 Å². The van der Waals surface area contributed by atoms with E-state index < -0.39 is 0 Å². The van der Waals surface area contributed by atoms with E-state index in [9.17, 15) is 9.59 Å². The zero-order chi connectivity index (χ0) is 15.9. The summed E-state index contributed by atoms with van der Waals surface area (Å²) in [6.45, 7) is 3.47. The van der Waals surface area contributed by atoms with Gasteiger partial charge in [0.2, 0.25) is 0 Å². The molecule has 120 valence electrons. The van der Waals surface area contributed by atoms with E-state index in [2.05, 4.69) is 6.26 Å². The van der Waals surface area contributed by atoms with Crippen molar-refractivity contribution in [1.29, 1.82) is 0 Å². The summed E-state index contributed by atoms with van der Waals surface area (Å²) in [5, 5.41) is 0.